The maximum absolute atomic E-state index is 10.6. The molecule has 0 saturated heterocycles. The van der Waals surface area contributed by atoms with Crippen LogP contribution in [0.1, 0.15) is 37.6 Å². The van der Waals surface area contributed by atoms with Gasteiger partial charge in [0.2, 0.25) is 0 Å². The molecule has 0 aliphatic heterocycles. The summed E-state index contributed by atoms with van der Waals surface area (Å²) in [6.45, 7) is 5.38. The van der Waals surface area contributed by atoms with Crippen molar-refractivity contribution in [3.05, 3.63) is 41.7 Å². The molecular weight excluding hydrogens is 268 g/mol. The number of aliphatic hydroxyl groups is 1. The van der Waals surface area contributed by atoms with Crippen LogP contribution in [0.5, 0.6) is 11.5 Å². The lowest BCUT2D eigenvalue weighted by molar-refractivity contribution is 0.201. The number of rotatable bonds is 7. The lowest BCUT2D eigenvalue weighted by Gasteiger charge is -2.15. The van der Waals surface area contributed by atoms with E-state index >= 15 is 0 Å². The zero-order valence-electron chi connectivity index (χ0n) is 12.7. The Bertz CT molecular complexity index is 563. The summed E-state index contributed by atoms with van der Waals surface area (Å²) >= 11 is 0. The highest BCUT2D eigenvalue weighted by Crippen LogP contribution is 2.30. The van der Waals surface area contributed by atoms with Crippen molar-refractivity contribution >= 4 is 0 Å². The van der Waals surface area contributed by atoms with Gasteiger partial charge in [0.25, 0.3) is 0 Å². The van der Waals surface area contributed by atoms with Crippen molar-refractivity contribution in [3.63, 3.8) is 0 Å². The summed E-state index contributed by atoms with van der Waals surface area (Å²) in [5.74, 6) is 1.40. The van der Waals surface area contributed by atoms with E-state index in [1.165, 1.54) is 0 Å². The van der Waals surface area contributed by atoms with E-state index in [1.807, 2.05) is 31.2 Å². The van der Waals surface area contributed by atoms with Crippen LogP contribution in [0.3, 0.4) is 0 Å². The first-order valence-electron chi connectivity index (χ1n) is 7.21. The maximum Gasteiger partial charge on any atom is 0.163 e. The van der Waals surface area contributed by atoms with Gasteiger partial charge < -0.3 is 14.6 Å². The zero-order chi connectivity index (χ0) is 15.2. The average molecular weight is 290 g/mol. The van der Waals surface area contributed by atoms with E-state index < -0.39 is 6.10 Å². The summed E-state index contributed by atoms with van der Waals surface area (Å²) < 4.78 is 12.5. The Morgan fingerprint density at radius 2 is 1.95 bits per heavy atom. The molecular formula is C16H22N2O3. The summed E-state index contributed by atoms with van der Waals surface area (Å²) in [6, 6.07) is 7.43. The molecule has 1 N–H and O–H groups in total. The number of aromatic nitrogens is 2. The molecule has 1 heterocycles. The van der Waals surface area contributed by atoms with Crippen LogP contribution in [0.25, 0.3) is 0 Å². The molecule has 0 saturated carbocycles. The average Bonchev–Trinajstić information content (AvgIpc) is 2.91. The van der Waals surface area contributed by atoms with Crippen LogP contribution in [0.15, 0.2) is 30.5 Å². The molecule has 114 valence electrons. The molecule has 0 spiro atoms. The van der Waals surface area contributed by atoms with Crippen LogP contribution in [0.4, 0.5) is 0 Å². The SMILES string of the molecule is CCCn1ncc(OC)c1C(O)c1ccc(OCC)cc1. The van der Waals surface area contributed by atoms with Gasteiger partial charge in [-0.25, -0.2) is 0 Å². The standard InChI is InChI=1S/C16H22N2O3/c1-4-10-18-15(14(20-3)11-17-18)16(19)12-6-8-13(9-7-12)21-5-2/h6-9,11,16,19H,4-5,10H2,1-3H3. The van der Waals surface area contributed by atoms with E-state index in [0.29, 0.717) is 18.1 Å². The predicted octanol–water partition coefficient (Wildman–Crippen LogP) is 2.78. The molecule has 0 bridgehead atoms. The Morgan fingerprint density at radius 1 is 1.24 bits per heavy atom. The highest BCUT2D eigenvalue weighted by atomic mass is 16.5. The van der Waals surface area contributed by atoms with Crippen LogP contribution in [-0.4, -0.2) is 28.6 Å². The summed E-state index contributed by atoms with van der Waals surface area (Å²) in [7, 11) is 1.59. The predicted molar refractivity (Wildman–Crippen MR) is 80.7 cm³/mol. The van der Waals surface area contributed by atoms with Crippen molar-refractivity contribution in [2.75, 3.05) is 13.7 Å². The molecule has 0 fully saturated rings. The first-order valence-corrected chi connectivity index (χ1v) is 7.21. The molecule has 0 amide bonds. The molecule has 5 nitrogen and oxygen atoms in total. The second-order valence-corrected chi connectivity index (χ2v) is 4.73. The van der Waals surface area contributed by atoms with Crippen molar-refractivity contribution in [2.45, 2.75) is 32.9 Å². The third kappa shape index (κ3) is 3.36. The van der Waals surface area contributed by atoms with Crippen LogP contribution in [0.2, 0.25) is 0 Å². The topological polar surface area (TPSA) is 56.5 Å². The van der Waals surface area contributed by atoms with Crippen LogP contribution in [0, 0.1) is 0 Å². The Kier molecular flexibility index (Phi) is 5.22. The lowest BCUT2D eigenvalue weighted by atomic mass is 10.1. The smallest absolute Gasteiger partial charge is 0.163 e. The Hall–Kier alpha value is -2.01. The van der Waals surface area contributed by atoms with Gasteiger partial charge in [0.1, 0.15) is 17.5 Å². The summed E-state index contributed by atoms with van der Waals surface area (Å²) in [4.78, 5) is 0. The van der Waals surface area contributed by atoms with Gasteiger partial charge in [0.05, 0.1) is 19.9 Å². The van der Waals surface area contributed by atoms with E-state index in [4.69, 9.17) is 9.47 Å². The van der Waals surface area contributed by atoms with Crippen molar-refractivity contribution in [1.29, 1.82) is 0 Å². The number of nitrogens with zero attached hydrogens (tertiary/aromatic N) is 2. The number of aliphatic hydroxyl groups excluding tert-OH is 1. The monoisotopic (exact) mass is 290 g/mol. The molecule has 5 heteroatoms. The fraction of sp³-hybridized carbons (Fsp3) is 0.438. The third-order valence-electron chi connectivity index (χ3n) is 3.27. The summed E-state index contributed by atoms with van der Waals surface area (Å²) in [5, 5.41) is 14.9. The number of benzene rings is 1. The lowest BCUT2D eigenvalue weighted by Crippen LogP contribution is -2.11. The first kappa shape index (κ1) is 15.4. The first-order chi connectivity index (χ1) is 10.2. The molecule has 0 aliphatic rings. The van der Waals surface area contributed by atoms with Crippen molar-refractivity contribution in [3.8, 4) is 11.5 Å². The Morgan fingerprint density at radius 3 is 2.52 bits per heavy atom. The van der Waals surface area contributed by atoms with Crippen molar-refractivity contribution in [2.24, 2.45) is 0 Å². The molecule has 2 rings (SSSR count). The third-order valence-corrected chi connectivity index (χ3v) is 3.27. The van der Waals surface area contributed by atoms with E-state index in [1.54, 1.807) is 18.0 Å². The Labute approximate surface area is 125 Å². The normalized spacial score (nSPS) is 12.2. The minimum absolute atomic E-state index is 0.602. The van der Waals surface area contributed by atoms with Gasteiger partial charge in [0, 0.05) is 6.54 Å². The quantitative estimate of drug-likeness (QED) is 0.852. The van der Waals surface area contributed by atoms with Crippen LogP contribution < -0.4 is 9.47 Å². The number of methoxy groups -OCH3 is 1. The van der Waals surface area contributed by atoms with Crippen molar-refractivity contribution < 1.29 is 14.6 Å². The van der Waals surface area contributed by atoms with Gasteiger partial charge in [-0.15, -0.1) is 0 Å². The van der Waals surface area contributed by atoms with Crippen LogP contribution in [-0.2, 0) is 6.54 Å². The summed E-state index contributed by atoms with van der Waals surface area (Å²) in [6.07, 6.45) is 1.81. The second-order valence-electron chi connectivity index (χ2n) is 4.73. The number of ether oxygens (including phenoxy) is 2. The molecule has 2 aromatic rings. The second kappa shape index (κ2) is 7.13. The molecule has 0 aliphatic carbocycles. The highest BCUT2D eigenvalue weighted by molar-refractivity contribution is 5.37. The molecule has 1 aromatic carbocycles. The minimum Gasteiger partial charge on any atom is -0.494 e. The van der Waals surface area contributed by atoms with E-state index in [9.17, 15) is 5.11 Å². The summed E-state index contributed by atoms with van der Waals surface area (Å²) in [5.41, 5.74) is 1.47. The molecule has 21 heavy (non-hydrogen) atoms. The number of hydrogen-bond acceptors (Lipinski definition) is 4. The van der Waals surface area contributed by atoms with Gasteiger partial charge in [0.15, 0.2) is 5.75 Å². The van der Waals surface area contributed by atoms with Gasteiger partial charge in [-0.1, -0.05) is 19.1 Å². The van der Waals surface area contributed by atoms with Crippen LogP contribution >= 0.6 is 0 Å². The zero-order valence-corrected chi connectivity index (χ0v) is 12.7. The van der Waals surface area contributed by atoms with Gasteiger partial charge >= 0.3 is 0 Å². The fourth-order valence-electron chi connectivity index (χ4n) is 2.27. The van der Waals surface area contributed by atoms with E-state index in [0.717, 1.165) is 24.3 Å². The van der Waals surface area contributed by atoms with Gasteiger partial charge in [-0.05, 0) is 31.0 Å². The van der Waals surface area contributed by atoms with E-state index in [-0.39, 0.29) is 0 Å². The number of aryl methyl sites for hydroxylation is 1. The minimum atomic E-state index is -0.773. The number of hydrogen-bond donors (Lipinski definition) is 1. The van der Waals surface area contributed by atoms with E-state index in [2.05, 4.69) is 12.0 Å². The fourth-order valence-corrected chi connectivity index (χ4v) is 2.27. The highest BCUT2D eigenvalue weighted by Gasteiger charge is 2.21. The maximum atomic E-state index is 10.6. The van der Waals surface area contributed by atoms with Gasteiger partial charge in [-0.3, -0.25) is 4.68 Å². The Balaban J connectivity index is 2.29. The molecule has 0 radical (unpaired) electrons. The molecule has 1 unspecified atom stereocenters. The largest absolute Gasteiger partial charge is 0.494 e. The molecule has 1 atom stereocenters. The van der Waals surface area contributed by atoms with Gasteiger partial charge in [-0.2, -0.15) is 5.10 Å². The van der Waals surface area contributed by atoms with Crippen molar-refractivity contribution in [1.82, 2.24) is 9.78 Å². The molecule has 1 aromatic heterocycles.